The molecule has 0 saturated carbocycles. The van der Waals surface area contributed by atoms with Gasteiger partial charge >= 0.3 is 0 Å². The second-order valence-corrected chi connectivity index (χ2v) is 3.38. The molecular weight excluding hydrogens is 204 g/mol. The van der Waals surface area contributed by atoms with Crippen molar-refractivity contribution in [1.82, 2.24) is 0 Å². The first-order valence-electron chi connectivity index (χ1n) is 4.63. The Bertz CT molecular complexity index is 591. The number of benzene rings is 2. The van der Waals surface area contributed by atoms with Gasteiger partial charge in [0.2, 0.25) is 11.8 Å². The first-order valence-corrected chi connectivity index (χ1v) is 4.63. The van der Waals surface area contributed by atoms with Gasteiger partial charge in [0, 0.05) is 5.56 Å². The Morgan fingerprint density at radius 2 is 1.81 bits per heavy atom. The molecule has 0 fully saturated rings. The zero-order chi connectivity index (χ0) is 11.7. The summed E-state index contributed by atoms with van der Waals surface area (Å²) in [5.74, 6) is -1.05. The molecule has 4 heteroatoms. The van der Waals surface area contributed by atoms with Crippen molar-refractivity contribution in [2.45, 2.75) is 0 Å². The van der Waals surface area contributed by atoms with Gasteiger partial charge in [0.15, 0.2) is 0 Å². The van der Waals surface area contributed by atoms with E-state index in [0.717, 1.165) is 5.39 Å². The fourth-order valence-corrected chi connectivity index (χ4v) is 1.58. The summed E-state index contributed by atoms with van der Waals surface area (Å²) in [7, 11) is 0. The summed E-state index contributed by atoms with van der Waals surface area (Å²) in [6.45, 7) is 0. The maximum atomic E-state index is 11.1. The van der Waals surface area contributed by atoms with Crippen LogP contribution in [0.2, 0.25) is 0 Å². The van der Waals surface area contributed by atoms with Gasteiger partial charge in [-0.1, -0.05) is 18.2 Å². The lowest BCUT2D eigenvalue weighted by Gasteiger charge is -2.03. The molecule has 1 radical (unpaired) electrons. The van der Waals surface area contributed by atoms with E-state index < -0.39 is 11.8 Å². The van der Waals surface area contributed by atoms with Crippen molar-refractivity contribution >= 4 is 22.6 Å². The molecule has 0 spiro atoms. The average Bonchev–Trinajstić information content (AvgIpc) is 2.27. The molecule has 0 bridgehead atoms. The van der Waals surface area contributed by atoms with Gasteiger partial charge in [0.05, 0.1) is 5.56 Å². The highest BCUT2D eigenvalue weighted by molar-refractivity contribution is 6.07. The Morgan fingerprint density at radius 3 is 2.44 bits per heavy atom. The minimum absolute atomic E-state index is 0.313. The van der Waals surface area contributed by atoms with Gasteiger partial charge in [-0.3, -0.25) is 9.59 Å². The summed E-state index contributed by atoms with van der Waals surface area (Å²) >= 11 is 0. The fraction of sp³-hybridized carbons (Fsp3) is 0. The van der Waals surface area contributed by atoms with Gasteiger partial charge in [-0.15, -0.1) is 0 Å². The SMILES string of the molecule is NC(=O)c1ccc2c(C(N)=O)[c]ccc2c1. The van der Waals surface area contributed by atoms with Gasteiger partial charge in [0.1, 0.15) is 0 Å². The van der Waals surface area contributed by atoms with Crippen LogP contribution in [0.4, 0.5) is 0 Å². The molecule has 4 N–H and O–H groups in total. The van der Waals surface area contributed by atoms with Gasteiger partial charge in [0.25, 0.3) is 0 Å². The lowest BCUT2D eigenvalue weighted by atomic mass is 10.0. The van der Waals surface area contributed by atoms with Crippen molar-refractivity contribution in [3.63, 3.8) is 0 Å². The summed E-state index contributed by atoms with van der Waals surface area (Å²) in [5, 5.41) is 1.41. The molecule has 0 aliphatic heterocycles. The number of amides is 2. The van der Waals surface area contributed by atoms with E-state index >= 15 is 0 Å². The number of primary amides is 2. The summed E-state index contributed by atoms with van der Waals surface area (Å²) in [6, 6.07) is 10.9. The molecule has 0 unspecified atom stereocenters. The standard InChI is InChI=1S/C12H9N2O2/c13-11(15)8-4-5-9-7(6-8)2-1-3-10(9)12(14)16/h1-2,4-6H,(H2,13,15)(H2,14,16). The molecular formula is C12H9N2O2. The zero-order valence-corrected chi connectivity index (χ0v) is 8.36. The quantitative estimate of drug-likeness (QED) is 0.774. The molecule has 79 valence electrons. The normalized spacial score (nSPS) is 10.2. The fourth-order valence-electron chi connectivity index (χ4n) is 1.58. The van der Waals surface area contributed by atoms with Crippen LogP contribution in [0.5, 0.6) is 0 Å². The van der Waals surface area contributed by atoms with Gasteiger partial charge in [-0.2, -0.15) is 0 Å². The monoisotopic (exact) mass is 213 g/mol. The van der Waals surface area contributed by atoms with Gasteiger partial charge < -0.3 is 11.5 Å². The summed E-state index contributed by atoms with van der Waals surface area (Å²) in [5.41, 5.74) is 11.1. The number of carbonyl (C=O) groups is 2. The summed E-state index contributed by atoms with van der Waals surface area (Å²) in [6.07, 6.45) is 0. The predicted molar refractivity (Wildman–Crippen MR) is 59.8 cm³/mol. The van der Waals surface area contributed by atoms with Crippen LogP contribution in [0.25, 0.3) is 10.8 Å². The number of hydrogen-bond acceptors (Lipinski definition) is 2. The van der Waals surface area contributed by atoms with E-state index in [9.17, 15) is 9.59 Å². The van der Waals surface area contributed by atoms with Crippen LogP contribution in [0, 0.1) is 6.07 Å². The Morgan fingerprint density at radius 1 is 1.06 bits per heavy atom. The molecule has 16 heavy (non-hydrogen) atoms. The predicted octanol–water partition coefficient (Wildman–Crippen LogP) is 0.838. The molecule has 0 aliphatic rings. The number of hydrogen-bond donors (Lipinski definition) is 2. The van der Waals surface area contributed by atoms with E-state index in [-0.39, 0.29) is 0 Å². The van der Waals surface area contributed by atoms with Crippen molar-refractivity contribution in [1.29, 1.82) is 0 Å². The second-order valence-electron chi connectivity index (χ2n) is 3.38. The summed E-state index contributed by atoms with van der Waals surface area (Å²) in [4.78, 5) is 22.1. The maximum Gasteiger partial charge on any atom is 0.249 e. The molecule has 0 atom stereocenters. The lowest BCUT2D eigenvalue weighted by molar-refractivity contribution is 0.0993. The maximum absolute atomic E-state index is 11.1. The molecule has 0 aliphatic carbocycles. The molecule has 4 nitrogen and oxygen atoms in total. The van der Waals surface area contributed by atoms with Crippen molar-refractivity contribution in [3.8, 4) is 0 Å². The average molecular weight is 213 g/mol. The van der Waals surface area contributed by atoms with Crippen LogP contribution < -0.4 is 11.5 Å². The van der Waals surface area contributed by atoms with Crippen LogP contribution in [-0.2, 0) is 0 Å². The minimum atomic E-state index is -0.544. The second kappa shape index (κ2) is 3.66. The van der Waals surface area contributed by atoms with E-state index in [4.69, 9.17) is 11.5 Å². The topological polar surface area (TPSA) is 86.2 Å². The highest BCUT2D eigenvalue weighted by Gasteiger charge is 2.08. The Labute approximate surface area is 91.8 Å². The zero-order valence-electron chi connectivity index (χ0n) is 8.36. The van der Waals surface area contributed by atoms with Crippen LogP contribution in [-0.4, -0.2) is 11.8 Å². The molecule has 0 heterocycles. The van der Waals surface area contributed by atoms with Crippen LogP contribution in [0.15, 0.2) is 30.3 Å². The van der Waals surface area contributed by atoms with Gasteiger partial charge in [-0.05, 0) is 29.0 Å². The number of rotatable bonds is 2. The Kier molecular flexibility index (Phi) is 2.32. The summed E-state index contributed by atoms with van der Waals surface area (Å²) < 4.78 is 0. The third kappa shape index (κ3) is 1.61. The number of fused-ring (bicyclic) bond motifs is 1. The van der Waals surface area contributed by atoms with Crippen molar-refractivity contribution in [3.05, 3.63) is 47.5 Å². The highest BCUT2D eigenvalue weighted by Crippen LogP contribution is 2.19. The third-order valence-electron chi connectivity index (χ3n) is 2.34. The van der Waals surface area contributed by atoms with Crippen LogP contribution in [0.3, 0.4) is 0 Å². The molecule has 0 aromatic heterocycles. The third-order valence-corrected chi connectivity index (χ3v) is 2.34. The molecule has 0 saturated heterocycles. The number of carbonyl (C=O) groups excluding carboxylic acids is 2. The first-order chi connectivity index (χ1) is 7.59. The first kappa shape index (κ1) is 10.2. The molecule has 2 aromatic carbocycles. The van der Waals surface area contributed by atoms with Crippen LogP contribution >= 0.6 is 0 Å². The Hall–Kier alpha value is -2.36. The largest absolute Gasteiger partial charge is 0.366 e. The van der Waals surface area contributed by atoms with E-state index in [1.807, 2.05) is 0 Å². The molecule has 2 aromatic rings. The lowest BCUT2D eigenvalue weighted by Crippen LogP contribution is -2.13. The van der Waals surface area contributed by atoms with Crippen molar-refractivity contribution in [2.75, 3.05) is 0 Å². The van der Waals surface area contributed by atoms with Crippen molar-refractivity contribution in [2.24, 2.45) is 11.5 Å². The minimum Gasteiger partial charge on any atom is -0.366 e. The van der Waals surface area contributed by atoms with Crippen LogP contribution in [0.1, 0.15) is 20.7 Å². The Balaban J connectivity index is 2.73. The van der Waals surface area contributed by atoms with E-state index in [0.29, 0.717) is 16.5 Å². The van der Waals surface area contributed by atoms with E-state index in [1.165, 1.54) is 0 Å². The molecule has 2 amide bonds. The smallest absolute Gasteiger partial charge is 0.249 e. The van der Waals surface area contributed by atoms with E-state index in [1.54, 1.807) is 30.3 Å². The van der Waals surface area contributed by atoms with E-state index in [2.05, 4.69) is 6.07 Å². The van der Waals surface area contributed by atoms with Gasteiger partial charge in [-0.25, -0.2) is 0 Å². The molecule has 2 rings (SSSR count). The number of nitrogens with two attached hydrogens (primary N) is 2. The van der Waals surface area contributed by atoms with Crippen molar-refractivity contribution < 1.29 is 9.59 Å². The highest BCUT2D eigenvalue weighted by atomic mass is 16.1.